The van der Waals surface area contributed by atoms with Crippen molar-refractivity contribution < 1.29 is 5.11 Å². The highest BCUT2D eigenvalue weighted by Crippen LogP contribution is 1.96. The summed E-state index contributed by atoms with van der Waals surface area (Å²) in [4.78, 5) is 6.61. The number of imidazole rings is 1. The van der Waals surface area contributed by atoms with E-state index in [0.29, 0.717) is 6.42 Å². The van der Waals surface area contributed by atoms with E-state index in [1.54, 1.807) is 11.7 Å². The molecular weight excluding hydrogens is 146 g/mol. The number of nitrogens with one attached hydrogen (secondary N) is 2. The number of aromatic amines is 1. The fraction of sp³-hybridized carbons (Fsp3) is 0.500. The average Bonchev–Trinajstić information content (AvgIpc) is 2.52. The molecule has 0 saturated carbocycles. The van der Waals surface area contributed by atoms with Gasteiger partial charge in [-0.1, -0.05) is 0 Å². The number of rotatable bonds is 4. The Labute approximate surface area is 64.0 Å². The minimum absolute atomic E-state index is 0.164. The van der Waals surface area contributed by atoms with E-state index in [1.165, 1.54) is 6.33 Å². The summed E-state index contributed by atoms with van der Waals surface area (Å²) < 4.78 is 0. The van der Waals surface area contributed by atoms with Gasteiger partial charge >= 0.3 is 0 Å². The fourth-order valence-electron chi connectivity index (χ4n) is 0.805. The first-order chi connectivity index (χ1) is 5.36. The molecule has 0 saturated heterocycles. The molecule has 1 aromatic heterocycles. The Kier molecular flexibility index (Phi) is 3.03. The number of hydroxylamine groups is 1. The van der Waals surface area contributed by atoms with E-state index in [2.05, 4.69) is 9.97 Å². The predicted molar refractivity (Wildman–Crippen MR) is 39.7 cm³/mol. The molecule has 1 atom stereocenters. The van der Waals surface area contributed by atoms with E-state index < -0.39 is 6.04 Å². The topological polar surface area (TPSA) is 84.0 Å². The number of hydrogen-bond acceptors (Lipinski definition) is 4. The molecule has 1 aromatic rings. The molecule has 11 heavy (non-hydrogen) atoms. The first-order valence-corrected chi connectivity index (χ1v) is 3.32. The smallest absolute Gasteiger partial charge is 0.0921 e. The molecule has 0 amide bonds. The standard InChI is InChI=1S/C6H10N3O2/c10-3-6(9-11)1-5-2-7-4-8-5/h2,4,6,9-10H,1,3H2,(H,7,8)/q-1/t6-/m0/s1. The van der Waals surface area contributed by atoms with Crippen LogP contribution in [0.4, 0.5) is 0 Å². The third-order valence-electron chi connectivity index (χ3n) is 1.41. The lowest BCUT2D eigenvalue weighted by Crippen LogP contribution is -2.29. The van der Waals surface area contributed by atoms with Gasteiger partial charge in [-0.05, 0) is 0 Å². The van der Waals surface area contributed by atoms with Crippen molar-refractivity contribution >= 4 is 0 Å². The maximum Gasteiger partial charge on any atom is 0.0921 e. The van der Waals surface area contributed by atoms with E-state index in [4.69, 9.17) is 5.11 Å². The minimum Gasteiger partial charge on any atom is -0.787 e. The van der Waals surface area contributed by atoms with Crippen LogP contribution in [0, 0.1) is 5.21 Å². The van der Waals surface area contributed by atoms with Gasteiger partial charge in [0, 0.05) is 24.4 Å². The van der Waals surface area contributed by atoms with Crippen molar-refractivity contribution in [2.45, 2.75) is 12.5 Å². The zero-order chi connectivity index (χ0) is 8.10. The lowest BCUT2D eigenvalue weighted by molar-refractivity contribution is 0.251. The van der Waals surface area contributed by atoms with Gasteiger partial charge in [0.1, 0.15) is 0 Å². The summed E-state index contributed by atoms with van der Waals surface area (Å²) in [6.45, 7) is -0.164. The second-order valence-electron chi connectivity index (χ2n) is 2.28. The number of aliphatic hydroxyl groups excluding tert-OH is 1. The summed E-state index contributed by atoms with van der Waals surface area (Å²) in [5.41, 5.74) is 2.58. The number of nitrogens with zero attached hydrogens (tertiary/aromatic N) is 1. The van der Waals surface area contributed by atoms with Crippen LogP contribution < -0.4 is 5.48 Å². The normalized spacial score (nSPS) is 13.3. The van der Waals surface area contributed by atoms with Crippen LogP contribution in [0.15, 0.2) is 12.5 Å². The molecule has 0 bridgehead atoms. The van der Waals surface area contributed by atoms with Gasteiger partial charge in [-0.15, -0.1) is 0 Å². The molecule has 1 heterocycles. The van der Waals surface area contributed by atoms with E-state index in [1.807, 2.05) is 0 Å². The van der Waals surface area contributed by atoms with Crippen LogP contribution in [0.3, 0.4) is 0 Å². The molecule has 0 spiro atoms. The molecule has 0 aliphatic rings. The molecule has 0 aromatic carbocycles. The summed E-state index contributed by atoms with van der Waals surface area (Å²) in [5.74, 6) is 0. The zero-order valence-corrected chi connectivity index (χ0v) is 5.95. The summed E-state index contributed by atoms with van der Waals surface area (Å²) in [6.07, 6.45) is 3.63. The first kappa shape index (κ1) is 8.19. The highest BCUT2D eigenvalue weighted by atomic mass is 16.5. The quantitative estimate of drug-likeness (QED) is 0.508. The Bertz CT molecular complexity index is 184. The number of hydrogen-bond donors (Lipinski definition) is 3. The van der Waals surface area contributed by atoms with Gasteiger partial charge in [-0.25, -0.2) is 4.98 Å². The Morgan fingerprint density at radius 3 is 3.09 bits per heavy atom. The van der Waals surface area contributed by atoms with Crippen molar-refractivity contribution in [1.29, 1.82) is 0 Å². The SMILES string of the molecule is [O-]N[C@H](CO)Cc1cnc[nH]1. The maximum absolute atomic E-state index is 10.1. The van der Waals surface area contributed by atoms with E-state index >= 15 is 0 Å². The second kappa shape index (κ2) is 4.07. The molecule has 0 radical (unpaired) electrons. The third-order valence-corrected chi connectivity index (χ3v) is 1.41. The predicted octanol–water partition coefficient (Wildman–Crippen LogP) is -0.600. The molecular formula is C6H10N3O2-. The van der Waals surface area contributed by atoms with Gasteiger partial charge in [0.2, 0.25) is 0 Å². The van der Waals surface area contributed by atoms with Crippen LogP contribution in [0.5, 0.6) is 0 Å². The van der Waals surface area contributed by atoms with Crippen LogP contribution in [0.2, 0.25) is 0 Å². The van der Waals surface area contributed by atoms with Crippen LogP contribution in [0.1, 0.15) is 5.69 Å². The minimum atomic E-state index is -0.435. The largest absolute Gasteiger partial charge is 0.787 e. The molecule has 0 fully saturated rings. The molecule has 3 N–H and O–H groups in total. The van der Waals surface area contributed by atoms with Gasteiger partial charge < -0.3 is 20.8 Å². The van der Waals surface area contributed by atoms with Gasteiger partial charge in [0.25, 0.3) is 0 Å². The van der Waals surface area contributed by atoms with Crippen molar-refractivity contribution in [3.8, 4) is 0 Å². The first-order valence-electron chi connectivity index (χ1n) is 3.32. The number of aliphatic hydroxyl groups is 1. The molecule has 62 valence electrons. The number of aromatic nitrogens is 2. The fourth-order valence-corrected chi connectivity index (χ4v) is 0.805. The summed E-state index contributed by atoms with van der Waals surface area (Å²) in [6, 6.07) is -0.435. The molecule has 5 heteroatoms. The Balaban J connectivity index is 2.41. The van der Waals surface area contributed by atoms with Crippen molar-refractivity contribution in [1.82, 2.24) is 15.4 Å². The average molecular weight is 156 g/mol. The summed E-state index contributed by atoms with van der Waals surface area (Å²) >= 11 is 0. The Morgan fingerprint density at radius 2 is 2.64 bits per heavy atom. The van der Waals surface area contributed by atoms with Gasteiger partial charge in [0.15, 0.2) is 0 Å². The van der Waals surface area contributed by atoms with Crippen molar-refractivity contribution in [2.75, 3.05) is 6.61 Å². The van der Waals surface area contributed by atoms with E-state index in [0.717, 1.165) is 5.69 Å². The number of H-pyrrole nitrogens is 1. The monoisotopic (exact) mass is 156 g/mol. The van der Waals surface area contributed by atoms with Gasteiger partial charge in [-0.3, -0.25) is 0 Å². The molecule has 0 aliphatic heterocycles. The third kappa shape index (κ3) is 2.30. The van der Waals surface area contributed by atoms with Crippen molar-refractivity contribution in [2.24, 2.45) is 0 Å². The molecule has 0 unspecified atom stereocenters. The van der Waals surface area contributed by atoms with Crippen LogP contribution in [0.25, 0.3) is 0 Å². The lowest BCUT2D eigenvalue weighted by Gasteiger charge is -2.18. The molecule has 0 aliphatic carbocycles. The Hall–Kier alpha value is -0.910. The van der Waals surface area contributed by atoms with Gasteiger partial charge in [0.05, 0.1) is 12.9 Å². The summed E-state index contributed by atoms with van der Waals surface area (Å²) in [5, 5.41) is 18.8. The zero-order valence-electron chi connectivity index (χ0n) is 5.95. The second-order valence-corrected chi connectivity index (χ2v) is 2.28. The van der Waals surface area contributed by atoms with E-state index in [-0.39, 0.29) is 6.61 Å². The van der Waals surface area contributed by atoms with E-state index in [9.17, 15) is 5.21 Å². The van der Waals surface area contributed by atoms with Gasteiger partial charge in [-0.2, -0.15) is 0 Å². The van der Waals surface area contributed by atoms with Crippen LogP contribution in [-0.4, -0.2) is 27.7 Å². The van der Waals surface area contributed by atoms with Crippen LogP contribution in [-0.2, 0) is 6.42 Å². The lowest BCUT2D eigenvalue weighted by atomic mass is 10.2. The molecule has 1 rings (SSSR count). The van der Waals surface area contributed by atoms with Crippen molar-refractivity contribution in [3.63, 3.8) is 0 Å². The Morgan fingerprint density at radius 1 is 1.82 bits per heavy atom. The highest BCUT2D eigenvalue weighted by Gasteiger charge is 2.03. The van der Waals surface area contributed by atoms with Crippen LogP contribution >= 0.6 is 0 Å². The maximum atomic E-state index is 10.1. The molecule has 5 nitrogen and oxygen atoms in total. The highest BCUT2D eigenvalue weighted by molar-refractivity contribution is 4.97. The van der Waals surface area contributed by atoms with Crippen molar-refractivity contribution in [3.05, 3.63) is 23.4 Å². The summed E-state index contributed by atoms with van der Waals surface area (Å²) in [7, 11) is 0.